The molecule has 4 heteroatoms. The molecule has 0 aromatic heterocycles. The van der Waals surface area contributed by atoms with Crippen LogP contribution < -0.4 is 5.32 Å². The van der Waals surface area contributed by atoms with E-state index in [-0.39, 0.29) is 24.2 Å². The second kappa shape index (κ2) is 7.68. The molecule has 4 nitrogen and oxygen atoms in total. The summed E-state index contributed by atoms with van der Waals surface area (Å²) in [7, 11) is 0. The Morgan fingerprint density at radius 1 is 1.20 bits per heavy atom. The number of amides is 1. The number of carbonyl (C=O) groups is 2. The molecule has 20 heavy (non-hydrogen) atoms. The van der Waals surface area contributed by atoms with Crippen LogP contribution in [0.15, 0.2) is 24.3 Å². The number of carboxylic acids is 1. The summed E-state index contributed by atoms with van der Waals surface area (Å²) in [5.41, 5.74) is 2.34. The third-order valence-corrected chi connectivity index (χ3v) is 3.26. The topological polar surface area (TPSA) is 66.4 Å². The fourth-order valence-corrected chi connectivity index (χ4v) is 1.99. The fourth-order valence-electron chi connectivity index (χ4n) is 1.99. The lowest BCUT2D eigenvalue weighted by molar-refractivity contribution is -0.138. The van der Waals surface area contributed by atoms with Gasteiger partial charge in [-0.25, -0.2) is 0 Å². The zero-order valence-corrected chi connectivity index (χ0v) is 12.3. The van der Waals surface area contributed by atoms with Crippen molar-refractivity contribution < 1.29 is 14.7 Å². The molecule has 0 radical (unpaired) electrons. The number of aliphatic carboxylic acids is 1. The quantitative estimate of drug-likeness (QED) is 0.804. The van der Waals surface area contributed by atoms with Gasteiger partial charge >= 0.3 is 5.97 Å². The molecule has 0 heterocycles. The molecule has 1 aromatic carbocycles. The van der Waals surface area contributed by atoms with Crippen LogP contribution in [0, 0.1) is 18.8 Å². The van der Waals surface area contributed by atoms with Crippen molar-refractivity contribution in [1.82, 2.24) is 5.32 Å². The first-order chi connectivity index (χ1) is 9.38. The number of carbonyl (C=O) groups excluding carboxylic acids is 1. The molecule has 0 aliphatic heterocycles. The average Bonchev–Trinajstić information content (AvgIpc) is 2.37. The average molecular weight is 277 g/mol. The van der Waals surface area contributed by atoms with Crippen LogP contribution >= 0.6 is 0 Å². The molecule has 0 saturated heterocycles. The molecule has 110 valence electrons. The van der Waals surface area contributed by atoms with E-state index in [1.54, 1.807) is 0 Å². The number of rotatable bonds is 7. The SMILES string of the molecule is Cc1ccc(CC(C)C(=O)NCC(C)CC(=O)O)cc1. The highest BCUT2D eigenvalue weighted by Crippen LogP contribution is 2.10. The number of carboxylic acid groups (broad SMARTS) is 1. The molecule has 2 N–H and O–H groups in total. The van der Waals surface area contributed by atoms with Crippen molar-refractivity contribution in [3.05, 3.63) is 35.4 Å². The summed E-state index contributed by atoms with van der Waals surface area (Å²) >= 11 is 0. The van der Waals surface area contributed by atoms with Gasteiger partial charge in [0.05, 0.1) is 0 Å². The Morgan fingerprint density at radius 2 is 1.80 bits per heavy atom. The number of nitrogens with one attached hydrogen (secondary N) is 1. The molecular weight excluding hydrogens is 254 g/mol. The smallest absolute Gasteiger partial charge is 0.303 e. The molecule has 2 atom stereocenters. The van der Waals surface area contributed by atoms with Gasteiger partial charge in [-0.1, -0.05) is 43.7 Å². The number of hydrogen-bond donors (Lipinski definition) is 2. The summed E-state index contributed by atoms with van der Waals surface area (Å²) in [5, 5.41) is 11.5. The van der Waals surface area contributed by atoms with Crippen LogP contribution in [0.1, 0.15) is 31.4 Å². The lowest BCUT2D eigenvalue weighted by atomic mass is 9.99. The van der Waals surface area contributed by atoms with Gasteiger partial charge in [-0.05, 0) is 24.8 Å². The third kappa shape index (κ3) is 5.87. The Bertz CT molecular complexity index is 453. The monoisotopic (exact) mass is 277 g/mol. The third-order valence-electron chi connectivity index (χ3n) is 3.26. The Morgan fingerprint density at radius 3 is 2.35 bits per heavy atom. The highest BCUT2D eigenvalue weighted by Gasteiger charge is 2.15. The molecule has 0 fully saturated rings. The second-order valence-corrected chi connectivity index (χ2v) is 5.54. The molecule has 0 bridgehead atoms. The first kappa shape index (κ1) is 16.2. The van der Waals surface area contributed by atoms with E-state index < -0.39 is 5.97 Å². The van der Waals surface area contributed by atoms with Crippen LogP contribution in [0.3, 0.4) is 0 Å². The van der Waals surface area contributed by atoms with Gasteiger partial charge in [0, 0.05) is 18.9 Å². The predicted octanol–water partition coefficient (Wildman–Crippen LogP) is 2.40. The summed E-state index contributed by atoms with van der Waals surface area (Å²) in [6.45, 7) is 6.14. The van der Waals surface area contributed by atoms with Gasteiger partial charge in [-0.2, -0.15) is 0 Å². The van der Waals surface area contributed by atoms with Crippen molar-refractivity contribution in [2.45, 2.75) is 33.6 Å². The van der Waals surface area contributed by atoms with Crippen LogP contribution in [-0.2, 0) is 16.0 Å². The number of benzene rings is 1. The van der Waals surface area contributed by atoms with Crippen LogP contribution in [0.5, 0.6) is 0 Å². The zero-order chi connectivity index (χ0) is 15.1. The van der Waals surface area contributed by atoms with Crippen molar-refractivity contribution in [1.29, 1.82) is 0 Å². The van der Waals surface area contributed by atoms with E-state index in [1.807, 2.05) is 45.0 Å². The van der Waals surface area contributed by atoms with Gasteiger partial charge in [0.1, 0.15) is 0 Å². The first-order valence-electron chi connectivity index (χ1n) is 6.93. The molecule has 0 saturated carbocycles. The van der Waals surface area contributed by atoms with Gasteiger partial charge in [-0.15, -0.1) is 0 Å². The number of hydrogen-bond acceptors (Lipinski definition) is 2. The first-order valence-corrected chi connectivity index (χ1v) is 6.93. The van der Waals surface area contributed by atoms with Crippen LogP contribution in [-0.4, -0.2) is 23.5 Å². The zero-order valence-electron chi connectivity index (χ0n) is 12.3. The summed E-state index contributed by atoms with van der Waals surface area (Å²) in [5.74, 6) is -1.03. The maximum Gasteiger partial charge on any atom is 0.303 e. The fraction of sp³-hybridized carbons (Fsp3) is 0.500. The predicted molar refractivity (Wildman–Crippen MR) is 78.5 cm³/mol. The minimum atomic E-state index is -0.834. The van der Waals surface area contributed by atoms with E-state index in [0.717, 1.165) is 5.56 Å². The van der Waals surface area contributed by atoms with Crippen LogP contribution in [0.25, 0.3) is 0 Å². The maximum absolute atomic E-state index is 11.9. The van der Waals surface area contributed by atoms with Crippen molar-refractivity contribution >= 4 is 11.9 Å². The van der Waals surface area contributed by atoms with Crippen LogP contribution in [0.4, 0.5) is 0 Å². The largest absolute Gasteiger partial charge is 0.481 e. The van der Waals surface area contributed by atoms with E-state index in [9.17, 15) is 9.59 Å². The van der Waals surface area contributed by atoms with Gasteiger partial charge < -0.3 is 10.4 Å². The van der Waals surface area contributed by atoms with E-state index in [1.165, 1.54) is 5.56 Å². The van der Waals surface area contributed by atoms with E-state index in [4.69, 9.17) is 5.11 Å². The van der Waals surface area contributed by atoms with Crippen LogP contribution in [0.2, 0.25) is 0 Å². The molecule has 2 unspecified atom stereocenters. The Hall–Kier alpha value is -1.84. The normalized spacial score (nSPS) is 13.6. The van der Waals surface area contributed by atoms with Crippen molar-refractivity contribution in [3.63, 3.8) is 0 Å². The molecule has 1 amide bonds. The van der Waals surface area contributed by atoms with Gasteiger partial charge in [0.15, 0.2) is 0 Å². The molecule has 0 aliphatic rings. The maximum atomic E-state index is 11.9. The van der Waals surface area contributed by atoms with E-state index in [0.29, 0.717) is 13.0 Å². The number of aryl methyl sites for hydroxylation is 1. The highest BCUT2D eigenvalue weighted by atomic mass is 16.4. The molecule has 0 aliphatic carbocycles. The minimum Gasteiger partial charge on any atom is -0.481 e. The van der Waals surface area contributed by atoms with Gasteiger partial charge in [0.25, 0.3) is 0 Å². The second-order valence-electron chi connectivity index (χ2n) is 5.54. The summed E-state index contributed by atoms with van der Waals surface area (Å²) in [4.78, 5) is 22.5. The Kier molecular flexibility index (Phi) is 6.22. The van der Waals surface area contributed by atoms with Gasteiger partial charge in [-0.3, -0.25) is 9.59 Å². The van der Waals surface area contributed by atoms with E-state index in [2.05, 4.69) is 5.32 Å². The summed E-state index contributed by atoms with van der Waals surface area (Å²) in [6.07, 6.45) is 0.770. The van der Waals surface area contributed by atoms with Gasteiger partial charge in [0.2, 0.25) is 5.91 Å². The van der Waals surface area contributed by atoms with Crippen molar-refractivity contribution in [2.24, 2.45) is 11.8 Å². The molecule has 0 spiro atoms. The summed E-state index contributed by atoms with van der Waals surface area (Å²) < 4.78 is 0. The minimum absolute atomic E-state index is 0.0252. The molecule has 1 rings (SSSR count). The van der Waals surface area contributed by atoms with Crippen molar-refractivity contribution in [2.75, 3.05) is 6.54 Å². The highest BCUT2D eigenvalue weighted by molar-refractivity contribution is 5.78. The van der Waals surface area contributed by atoms with E-state index >= 15 is 0 Å². The Labute approximate surface area is 120 Å². The molecule has 1 aromatic rings. The summed E-state index contributed by atoms with van der Waals surface area (Å²) in [6, 6.07) is 8.14. The lowest BCUT2D eigenvalue weighted by Gasteiger charge is -2.15. The molecular formula is C16H23NO3. The lowest BCUT2D eigenvalue weighted by Crippen LogP contribution is -2.34. The Balaban J connectivity index is 2.39. The standard InChI is InChI=1S/C16H23NO3/c1-11-4-6-14(7-5-11)9-13(3)16(20)17-10-12(2)8-15(18)19/h4-7,12-13H,8-10H2,1-3H3,(H,17,20)(H,18,19). The van der Waals surface area contributed by atoms with Crippen molar-refractivity contribution in [3.8, 4) is 0 Å².